The van der Waals surface area contributed by atoms with E-state index in [0.717, 1.165) is 66.2 Å². The predicted octanol–water partition coefficient (Wildman–Crippen LogP) is 3.90. The predicted molar refractivity (Wildman–Crippen MR) is 111 cm³/mol. The van der Waals surface area contributed by atoms with Crippen molar-refractivity contribution in [2.75, 3.05) is 37.6 Å². The highest BCUT2D eigenvalue weighted by Gasteiger charge is 2.17. The Morgan fingerprint density at radius 2 is 1.96 bits per heavy atom. The van der Waals surface area contributed by atoms with Crippen LogP contribution in [0.2, 0.25) is 5.02 Å². The molecule has 0 bridgehead atoms. The molecule has 0 amide bonds. The van der Waals surface area contributed by atoms with Crippen LogP contribution in [0.15, 0.2) is 36.4 Å². The van der Waals surface area contributed by atoms with E-state index in [0.29, 0.717) is 5.02 Å². The van der Waals surface area contributed by atoms with Crippen molar-refractivity contribution in [1.29, 1.82) is 0 Å². The summed E-state index contributed by atoms with van der Waals surface area (Å²) in [5.41, 5.74) is 4.85. The molecular weight excluding hydrogens is 360 g/mol. The molecule has 2 aromatic carbocycles. The maximum atomic E-state index is 6.24. The number of likely N-dealkylation sites (N-methyl/N-ethyl adjacent to an activating group) is 1. The van der Waals surface area contributed by atoms with E-state index in [2.05, 4.69) is 50.1 Å². The lowest BCUT2D eigenvalue weighted by atomic mass is 10.2. The Balaban J connectivity index is 1.50. The van der Waals surface area contributed by atoms with E-state index in [1.54, 1.807) is 0 Å². The number of aromatic amines is 2. The lowest BCUT2D eigenvalue weighted by Gasteiger charge is -2.35. The van der Waals surface area contributed by atoms with E-state index in [1.807, 2.05) is 18.2 Å². The fourth-order valence-electron chi connectivity index (χ4n) is 3.82. The zero-order chi connectivity index (χ0) is 18.4. The molecule has 1 aliphatic heterocycles. The van der Waals surface area contributed by atoms with Gasteiger partial charge in [-0.2, -0.15) is 5.10 Å². The molecule has 0 radical (unpaired) electrons. The molecule has 2 aromatic heterocycles. The Kier molecular flexibility index (Phi) is 4.02. The maximum absolute atomic E-state index is 6.24. The van der Waals surface area contributed by atoms with Crippen molar-refractivity contribution in [2.24, 2.45) is 0 Å². The standard InChI is InChI=1S/C20H21ClN6/c1-2-26-8-10-27(11-9-26)13-6-7-16-17(12-13)23-20(22-16)19-14-4-3-5-15(21)18(14)24-25-19/h3-7,12H,2,8-11H2,1H3,(H,22,23)(H,24,25). The van der Waals surface area contributed by atoms with E-state index < -0.39 is 0 Å². The van der Waals surface area contributed by atoms with E-state index >= 15 is 0 Å². The number of benzene rings is 2. The van der Waals surface area contributed by atoms with Gasteiger partial charge in [0.1, 0.15) is 11.2 Å². The minimum Gasteiger partial charge on any atom is -0.369 e. The molecule has 1 fully saturated rings. The first-order chi connectivity index (χ1) is 13.2. The number of nitrogens with zero attached hydrogens (tertiary/aromatic N) is 4. The summed E-state index contributed by atoms with van der Waals surface area (Å²) in [4.78, 5) is 13.1. The van der Waals surface area contributed by atoms with Crippen molar-refractivity contribution in [3.05, 3.63) is 41.4 Å². The number of halogens is 1. The quantitative estimate of drug-likeness (QED) is 0.565. The summed E-state index contributed by atoms with van der Waals surface area (Å²) in [6, 6.07) is 12.2. The van der Waals surface area contributed by atoms with E-state index in [4.69, 9.17) is 16.6 Å². The Labute approximate surface area is 162 Å². The highest BCUT2D eigenvalue weighted by molar-refractivity contribution is 6.35. The third-order valence-corrected chi connectivity index (χ3v) is 5.73. The monoisotopic (exact) mass is 380 g/mol. The molecule has 138 valence electrons. The molecule has 4 aromatic rings. The third-order valence-electron chi connectivity index (χ3n) is 5.42. The summed E-state index contributed by atoms with van der Waals surface area (Å²) in [7, 11) is 0. The molecule has 6 nitrogen and oxygen atoms in total. The van der Waals surface area contributed by atoms with Gasteiger partial charge in [0.25, 0.3) is 0 Å². The van der Waals surface area contributed by atoms with Crippen molar-refractivity contribution >= 4 is 39.2 Å². The molecule has 0 saturated carbocycles. The summed E-state index contributed by atoms with van der Waals surface area (Å²) in [6.45, 7) is 7.69. The normalized spacial score (nSPS) is 15.9. The Morgan fingerprint density at radius 1 is 1.11 bits per heavy atom. The number of anilines is 1. The first kappa shape index (κ1) is 16.6. The summed E-state index contributed by atoms with van der Waals surface area (Å²) in [5.74, 6) is 0.780. The van der Waals surface area contributed by atoms with Crippen LogP contribution < -0.4 is 4.90 Å². The fourth-order valence-corrected chi connectivity index (χ4v) is 4.04. The van der Waals surface area contributed by atoms with Crippen LogP contribution in [0.5, 0.6) is 0 Å². The first-order valence-corrected chi connectivity index (χ1v) is 9.71. The fraction of sp³-hybridized carbons (Fsp3) is 0.300. The van der Waals surface area contributed by atoms with Crippen LogP contribution >= 0.6 is 11.6 Å². The number of rotatable bonds is 3. The van der Waals surface area contributed by atoms with Gasteiger partial charge >= 0.3 is 0 Å². The highest BCUT2D eigenvalue weighted by Crippen LogP contribution is 2.30. The average Bonchev–Trinajstić information content (AvgIpc) is 3.32. The van der Waals surface area contributed by atoms with Gasteiger partial charge in [-0.3, -0.25) is 5.10 Å². The number of fused-ring (bicyclic) bond motifs is 2. The Hall–Kier alpha value is -2.57. The van der Waals surface area contributed by atoms with Gasteiger partial charge in [-0.25, -0.2) is 4.98 Å². The molecule has 5 rings (SSSR count). The van der Waals surface area contributed by atoms with Gasteiger partial charge in [-0.1, -0.05) is 30.7 Å². The number of imidazole rings is 1. The number of nitrogens with one attached hydrogen (secondary N) is 2. The zero-order valence-corrected chi connectivity index (χ0v) is 15.9. The summed E-state index contributed by atoms with van der Waals surface area (Å²) < 4.78 is 0. The molecular formula is C20H21ClN6. The third kappa shape index (κ3) is 2.85. The second-order valence-corrected chi connectivity index (χ2v) is 7.35. The number of hydrogen-bond acceptors (Lipinski definition) is 4. The van der Waals surface area contributed by atoms with E-state index in [-0.39, 0.29) is 0 Å². The molecule has 27 heavy (non-hydrogen) atoms. The Morgan fingerprint density at radius 3 is 2.78 bits per heavy atom. The lowest BCUT2D eigenvalue weighted by Crippen LogP contribution is -2.46. The van der Waals surface area contributed by atoms with Crippen molar-refractivity contribution < 1.29 is 0 Å². The van der Waals surface area contributed by atoms with Crippen molar-refractivity contribution in [3.8, 4) is 11.5 Å². The Bertz CT molecular complexity index is 1110. The van der Waals surface area contributed by atoms with Gasteiger partial charge in [0.2, 0.25) is 0 Å². The van der Waals surface area contributed by atoms with Crippen LogP contribution in [0.4, 0.5) is 5.69 Å². The molecule has 0 aliphatic carbocycles. The minimum atomic E-state index is 0.639. The molecule has 0 atom stereocenters. The van der Waals surface area contributed by atoms with Crippen LogP contribution in [0.3, 0.4) is 0 Å². The average molecular weight is 381 g/mol. The minimum absolute atomic E-state index is 0.639. The number of para-hydroxylation sites is 1. The van der Waals surface area contributed by atoms with Crippen LogP contribution in [-0.4, -0.2) is 57.8 Å². The molecule has 1 saturated heterocycles. The second-order valence-electron chi connectivity index (χ2n) is 6.94. The smallest absolute Gasteiger partial charge is 0.157 e. The largest absolute Gasteiger partial charge is 0.369 e. The summed E-state index contributed by atoms with van der Waals surface area (Å²) in [6.07, 6.45) is 0. The molecule has 0 unspecified atom stereocenters. The SMILES string of the molecule is CCN1CCN(c2ccc3nc(-c4[nH]nc5c(Cl)cccc45)[nH]c3c2)CC1. The van der Waals surface area contributed by atoms with Gasteiger partial charge in [-0.15, -0.1) is 0 Å². The topological polar surface area (TPSA) is 63.8 Å². The van der Waals surface area contributed by atoms with Crippen LogP contribution in [0.1, 0.15) is 6.92 Å². The number of H-pyrrole nitrogens is 2. The van der Waals surface area contributed by atoms with Gasteiger partial charge in [-0.05, 0) is 30.8 Å². The lowest BCUT2D eigenvalue weighted by molar-refractivity contribution is 0.271. The van der Waals surface area contributed by atoms with E-state index in [1.165, 1.54) is 5.69 Å². The second kappa shape index (κ2) is 6.55. The number of hydrogen-bond donors (Lipinski definition) is 2. The molecule has 7 heteroatoms. The summed E-state index contributed by atoms with van der Waals surface area (Å²) >= 11 is 6.24. The molecule has 1 aliphatic rings. The van der Waals surface area contributed by atoms with Gasteiger partial charge < -0.3 is 14.8 Å². The maximum Gasteiger partial charge on any atom is 0.157 e. The van der Waals surface area contributed by atoms with Crippen molar-refractivity contribution in [1.82, 2.24) is 25.1 Å². The molecule has 2 N–H and O–H groups in total. The highest BCUT2D eigenvalue weighted by atomic mass is 35.5. The van der Waals surface area contributed by atoms with Crippen molar-refractivity contribution in [2.45, 2.75) is 6.92 Å². The van der Waals surface area contributed by atoms with Gasteiger partial charge in [0.05, 0.1) is 16.1 Å². The number of aromatic nitrogens is 4. The molecule has 0 spiro atoms. The summed E-state index contributed by atoms with van der Waals surface area (Å²) in [5, 5.41) is 9.03. The van der Waals surface area contributed by atoms with Crippen LogP contribution in [-0.2, 0) is 0 Å². The van der Waals surface area contributed by atoms with Crippen molar-refractivity contribution in [3.63, 3.8) is 0 Å². The first-order valence-electron chi connectivity index (χ1n) is 9.33. The number of piperazine rings is 1. The van der Waals surface area contributed by atoms with E-state index in [9.17, 15) is 0 Å². The van der Waals surface area contributed by atoms with Crippen LogP contribution in [0.25, 0.3) is 33.5 Å². The van der Waals surface area contributed by atoms with Gasteiger partial charge in [0.15, 0.2) is 5.82 Å². The molecule has 3 heterocycles. The van der Waals surface area contributed by atoms with Crippen LogP contribution in [0, 0.1) is 0 Å². The van der Waals surface area contributed by atoms with Gasteiger partial charge in [0, 0.05) is 37.3 Å². The zero-order valence-electron chi connectivity index (χ0n) is 15.2.